The van der Waals surface area contributed by atoms with Crippen molar-refractivity contribution < 1.29 is 37.0 Å². The van der Waals surface area contributed by atoms with Crippen LogP contribution < -0.4 is 4.74 Å². The van der Waals surface area contributed by atoms with Crippen LogP contribution in [0.2, 0.25) is 0 Å². The van der Waals surface area contributed by atoms with Gasteiger partial charge in [-0.2, -0.15) is 0 Å². The zero-order valence-electron chi connectivity index (χ0n) is 14.9. The van der Waals surface area contributed by atoms with Crippen molar-refractivity contribution in [2.45, 2.75) is 26.2 Å². The molecule has 1 aliphatic rings. The van der Waals surface area contributed by atoms with E-state index < -0.39 is 47.4 Å². The smallest absolute Gasteiger partial charge is 0.348 e. The average molecular weight is 392 g/mol. The van der Waals surface area contributed by atoms with Crippen LogP contribution >= 0.6 is 0 Å². The monoisotopic (exact) mass is 392 g/mol. The second-order valence-electron chi connectivity index (χ2n) is 6.44. The molecule has 1 saturated heterocycles. The third-order valence-electron chi connectivity index (χ3n) is 3.78. The first-order valence-electron chi connectivity index (χ1n) is 8.19. The fourth-order valence-corrected chi connectivity index (χ4v) is 2.50. The van der Waals surface area contributed by atoms with Crippen molar-refractivity contribution in [1.29, 1.82) is 0 Å². The second kappa shape index (κ2) is 7.38. The minimum absolute atomic E-state index is 0.0819. The van der Waals surface area contributed by atoms with E-state index in [1.807, 2.05) is 0 Å². The molecule has 5 nitrogen and oxygen atoms in total. The van der Waals surface area contributed by atoms with Gasteiger partial charge in [-0.1, -0.05) is 0 Å². The number of cyclic esters (lactones) is 2. The highest BCUT2D eigenvalue weighted by Crippen LogP contribution is 2.28. The minimum Gasteiger partial charge on any atom is -0.488 e. The van der Waals surface area contributed by atoms with Crippen LogP contribution in [-0.2, 0) is 25.7 Å². The molecule has 1 fully saturated rings. The Morgan fingerprint density at radius 3 is 2.25 bits per heavy atom. The van der Waals surface area contributed by atoms with Crippen LogP contribution in [-0.4, -0.2) is 17.7 Å². The third kappa shape index (κ3) is 4.33. The van der Waals surface area contributed by atoms with Gasteiger partial charge in [0, 0.05) is 31.0 Å². The van der Waals surface area contributed by atoms with E-state index in [1.54, 1.807) is 0 Å². The maximum Gasteiger partial charge on any atom is 0.348 e. The van der Waals surface area contributed by atoms with E-state index in [2.05, 4.69) is 0 Å². The molecule has 0 unspecified atom stereocenters. The molecule has 0 radical (unpaired) electrons. The van der Waals surface area contributed by atoms with Gasteiger partial charge in [-0.15, -0.1) is 0 Å². The van der Waals surface area contributed by atoms with Gasteiger partial charge < -0.3 is 14.2 Å². The molecule has 3 rings (SSSR count). The van der Waals surface area contributed by atoms with Crippen LogP contribution in [0, 0.1) is 17.5 Å². The lowest BCUT2D eigenvalue weighted by molar-refractivity contribution is -0.222. The molecule has 1 heterocycles. The van der Waals surface area contributed by atoms with Gasteiger partial charge in [0.25, 0.3) is 5.79 Å². The number of hydrogen-bond acceptors (Lipinski definition) is 5. The summed E-state index contributed by atoms with van der Waals surface area (Å²) in [5, 5.41) is 0. The van der Waals surface area contributed by atoms with Gasteiger partial charge in [-0.05, 0) is 36.4 Å². The van der Waals surface area contributed by atoms with Crippen LogP contribution in [0.15, 0.2) is 42.0 Å². The van der Waals surface area contributed by atoms with E-state index in [0.717, 1.165) is 36.4 Å². The number of ether oxygens (including phenoxy) is 3. The van der Waals surface area contributed by atoms with Gasteiger partial charge in [-0.3, -0.25) is 0 Å². The Hall–Kier alpha value is -3.29. The Bertz CT molecular complexity index is 960. The van der Waals surface area contributed by atoms with E-state index in [-0.39, 0.29) is 16.9 Å². The highest BCUT2D eigenvalue weighted by atomic mass is 19.1. The van der Waals surface area contributed by atoms with E-state index >= 15 is 0 Å². The molecule has 2 aromatic rings. The number of carbonyl (C=O) groups is 2. The number of benzene rings is 2. The molecule has 2 aromatic carbocycles. The number of esters is 2. The standard InChI is InChI=1S/C20H15F3O5/c1-20(2)27-18(24)15(19(25)28-20)8-11-3-4-14(22)9-17(11)26-10-12-7-13(21)5-6-16(12)23/h3-9H,10H2,1-2H3. The summed E-state index contributed by atoms with van der Waals surface area (Å²) in [7, 11) is 0. The van der Waals surface area contributed by atoms with Gasteiger partial charge in [0.05, 0.1) is 0 Å². The molecule has 0 bridgehead atoms. The molecule has 146 valence electrons. The van der Waals surface area contributed by atoms with Gasteiger partial charge in [0.2, 0.25) is 0 Å². The molecule has 28 heavy (non-hydrogen) atoms. The fourth-order valence-electron chi connectivity index (χ4n) is 2.50. The minimum atomic E-state index is -1.40. The molecular formula is C20H15F3O5. The lowest BCUT2D eigenvalue weighted by Crippen LogP contribution is -2.41. The van der Waals surface area contributed by atoms with E-state index in [4.69, 9.17) is 14.2 Å². The van der Waals surface area contributed by atoms with Crippen LogP contribution in [0.4, 0.5) is 13.2 Å². The van der Waals surface area contributed by atoms with Crippen LogP contribution in [0.25, 0.3) is 6.08 Å². The van der Waals surface area contributed by atoms with Gasteiger partial charge in [0.1, 0.15) is 35.4 Å². The van der Waals surface area contributed by atoms with Crippen molar-refractivity contribution in [1.82, 2.24) is 0 Å². The number of hydrogen-bond donors (Lipinski definition) is 0. The van der Waals surface area contributed by atoms with Crippen molar-refractivity contribution in [3.05, 3.63) is 70.5 Å². The maximum absolute atomic E-state index is 13.7. The van der Waals surface area contributed by atoms with E-state index in [0.29, 0.717) is 0 Å². The Morgan fingerprint density at radius 2 is 1.57 bits per heavy atom. The predicted molar refractivity (Wildman–Crippen MR) is 91.3 cm³/mol. The lowest BCUT2D eigenvalue weighted by atomic mass is 10.1. The summed E-state index contributed by atoms with van der Waals surface area (Å²) in [5.41, 5.74) is -0.337. The summed E-state index contributed by atoms with van der Waals surface area (Å²) in [6.07, 6.45) is 1.12. The van der Waals surface area contributed by atoms with Crippen molar-refractivity contribution >= 4 is 18.0 Å². The normalized spacial score (nSPS) is 15.7. The molecule has 0 aliphatic carbocycles. The summed E-state index contributed by atoms with van der Waals surface area (Å²) < 4.78 is 56.0. The summed E-state index contributed by atoms with van der Waals surface area (Å²) in [6.45, 7) is 2.41. The van der Waals surface area contributed by atoms with Crippen LogP contribution in [0.1, 0.15) is 25.0 Å². The summed E-state index contributed by atoms with van der Waals surface area (Å²) in [5.74, 6) is -5.31. The van der Waals surface area contributed by atoms with Crippen molar-refractivity contribution in [3.8, 4) is 5.75 Å². The Balaban J connectivity index is 1.90. The molecule has 0 amide bonds. The zero-order chi connectivity index (χ0) is 20.5. The number of halogens is 3. The van der Waals surface area contributed by atoms with E-state index in [1.165, 1.54) is 19.9 Å². The van der Waals surface area contributed by atoms with Gasteiger partial charge >= 0.3 is 11.9 Å². The first kappa shape index (κ1) is 19.5. The molecule has 1 aliphatic heterocycles. The number of carbonyl (C=O) groups excluding carboxylic acids is 2. The van der Waals surface area contributed by atoms with Crippen LogP contribution in [0.5, 0.6) is 5.75 Å². The lowest BCUT2D eigenvalue weighted by Gasteiger charge is -2.29. The summed E-state index contributed by atoms with van der Waals surface area (Å²) >= 11 is 0. The highest BCUT2D eigenvalue weighted by molar-refractivity contribution is 6.19. The quantitative estimate of drug-likeness (QED) is 0.449. The number of rotatable bonds is 4. The van der Waals surface area contributed by atoms with E-state index in [9.17, 15) is 22.8 Å². The van der Waals surface area contributed by atoms with Crippen LogP contribution in [0.3, 0.4) is 0 Å². The molecule has 8 heteroatoms. The molecule has 0 saturated carbocycles. The predicted octanol–water partition coefficient (Wildman–Crippen LogP) is 3.90. The molecule has 0 atom stereocenters. The Labute approximate surface area is 158 Å². The molecular weight excluding hydrogens is 377 g/mol. The Morgan fingerprint density at radius 1 is 0.964 bits per heavy atom. The molecule has 0 spiro atoms. The Kier molecular flexibility index (Phi) is 5.13. The molecule has 0 aromatic heterocycles. The largest absolute Gasteiger partial charge is 0.488 e. The third-order valence-corrected chi connectivity index (χ3v) is 3.78. The summed E-state index contributed by atoms with van der Waals surface area (Å²) in [6, 6.07) is 6.19. The molecule has 0 N–H and O–H groups in total. The SMILES string of the molecule is CC1(C)OC(=O)C(=Cc2ccc(F)cc2OCc2cc(F)ccc2F)C(=O)O1. The van der Waals surface area contributed by atoms with Gasteiger partial charge in [-0.25, -0.2) is 22.8 Å². The van der Waals surface area contributed by atoms with Gasteiger partial charge in [0.15, 0.2) is 0 Å². The van der Waals surface area contributed by atoms with Crippen molar-refractivity contribution in [2.24, 2.45) is 0 Å². The van der Waals surface area contributed by atoms with Crippen molar-refractivity contribution in [2.75, 3.05) is 0 Å². The maximum atomic E-state index is 13.7. The fraction of sp³-hybridized carbons (Fsp3) is 0.200. The average Bonchev–Trinajstić information content (AvgIpc) is 2.59. The van der Waals surface area contributed by atoms with Crippen molar-refractivity contribution in [3.63, 3.8) is 0 Å². The first-order valence-corrected chi connectivity index (χ1v) is 8.19. The first-order chi connectivity index (χ1) is 13.1. The highest BCUT2D eigenvalue weighted by Gasteiger charge is 2.39. The second-order valence-corrected chi connectivity index (χ2v) is 6.44. The zero-order valence-corrected chi connectivity index (χ0v) is 14.9. The summed E-state index contributed by atoms with van der Waals surface area (Å²) in [4.78, 5) is 24.1. The topological polar surface area (TPSA) is 61.8 Å².